The molecular formula is C68H42N8. The van der Waals surface area contributed by atoms with E-state index in [0.717, 1.165) is 94.5 Å². The number of nitriles is 1. The highest BCUT2D eigenvalue weighted by atomic mass is 15.1. The summed E-state index contributed by atoms with van der Waals surface area (Å²) in [7, 11) is 0. The second kappa shape index (κ2) is 18.5. The molecule has 0 spiro atoms. The van der Waals surface area contributed by atoms with Crippen molar-refractivity contribution in [2.75, 3.05) is 0 Å². The Labute approximate surface area is 437 Å². The lowest BCUT2D eigenvalue weighted by molar-refractivity contribution is 1.06. The normalized spacial score (nSPS) is 11.4. The topological polar surface area (TPSA) is 98.1 Å². The van der Waals surface area contributed by atoms with E-state index >= 15 is 0 Å². The van der Waals surface area contributed by atoms with Crippen molar-refractivity contribution < 1.29 is 0 Å². The maximum absolute atomic E-state index is 10.3. The number of fused-ring (bicyclic) bond motifs is 6. The molecule has 0 aliphatic rings. The molecule has 0 bridgehead atoms. The molecule has 0 radical (unpaired) electrons. The van der Waals surface area contributed by atoms with Crippen LogP contribution in [0.3, 0.4) is 0 Å². The first-order chi connectivity index (χ1) is 37.6. The molecule has 76 heavy (non-hydrogen) atoms. The van der Waals surface area contributed by atoms with Gasteiger partial charge in [0.15, 0.2) is 23.3 Å². The lowest BCUT2D eigenvalue weighted by Gasteiger charge is -2.17. The molecule has 0 N–H and O–H groups in total. The third-order valence-electron chi connectivity index (χ3n) is 14.2. The smallest absolute Gasteiger partial charge is 0.166 e. The van der Waals surface area contributed by atoms with Crippen LogP contribution in [-0.2, 0) is 0 Å². The van der Waals surface area contributed by atoms with Gasteiger partial charge in [-0.2, -0.15) is 5.26 Å². The van der Waals surface area contributed by atoms with E-state index in [-0.39, 0.29) is 0 Å². The Bertz CT molecular complexity index is 4410. The number of rotatable bonds is 9. The van der Waals surface area contributed by atoms with E-state index in [0.29, 0.717) is 34.4 Å². The van der Waals surface area contributed by atoms with E-state index in [1.165, 1.54) is 10.8 Å². The summed E-state index contributed by atoms with van der Waals surface area (Å²) in [5.74, 6) is 2.20. The molecule has 8 heteroatoms. The van der Waals surface area contributed by atoms with Crippen LogP contribution in [0.1, 0.15) is 5.56 Å². The third kappa shape index (κ3) is 7.66. The van der Waals surface area contributed by atoms with Crippen LogP contribution in [0.4, 0.5) is 0 Å². The van der Waals surface area contributed by atoms with E-state index in [4.69, 9.17) is 24.9 Å². The summed E-state index contributed by atoms with van der Waals surface area (Å²) >= 11 is 0. The highest BCUT2D eigenvalue weighted by Crippen LogP contribution is 2.42. The van der Waals surface area contributed by atoms with E-state index in [1.807, 2.05) is 103 Å². The molecule has 0 saturated heterocycles. The molecule has 0 unspecified atom stereocenters. The Balaban J connectivity index is 0.983. The van der Waals surface area contributed by atoms with Gasteiger partial charge in [0.25, 0.3) is 0 Å². The standard InChI is InChI=1S/C68H42N8/c69-43-44-33-36-64(56(39-44)68-73-66(47-23-9-3-10-24-47)72-67(74-68)48-25-11-4-12-26-48)76-61-32-18-15-29-53(61)54-40-49(34-37-62(54)76)50-35-38-63(75-59-30-16-13-27-51(59)52-28-14-17-31-60(52)75)55(41-50)58-42-57(45-19-5-1-6-20-45)70-65(71-58)46-21-7-2-8-22-46/h1-42H. The molecule has 0 atom stereocenters. The highest BCUT2D eigenvalue weighted by Gasteiger charge is 2.23. The second-order valence-corrected chi connectivity index (χ2v) is 18.8. The molecule has 0 aliphatic carbocycles. The highest BCUT2D eigenvalue weighted by molar-refractivity contribution is 6.12. The van der Waals surface area contributed by atoms with Gasteiger partial charge >= 0.3 is 0 Å². The Morgan fingerprint density at radius 1 is 0.276 bits per heavy atom. The Hall–Kier alpha value is -10.6. The van der Waals surface area contributed by atoms with Crippen molar-refractivity contribution in [1.82, 2.24) is 34.1 Å². The zero-order chi connectivity index (χ0) is 50.5. The summed E-state index contributed by atoms with van der Waals surface area (Å²) in [5.41, 5.74) is 15.6. The van der Waals surface area contributed by atoms with Crippen LogP contribution >= 0.6 is 0 Å². The maximum atomic E-state index is 10.3. The van der Waals surface area contributed by atoms with Gasteiger partial charge in [0.05, 0.1) is 56.5 Å². The van der Waals surface area contributed by atoms with Crippen LogP contribution in [0, 0.1) is 11.3 Å². The van der Waals surface area contributed by atoms with E-state index in [1.54, 1.807) is 0 Å². The zero-order valence-corrected chi connectivity index (χ0v) is 40.8. The van der Waals surface area contributed by atoms with Crippen LogP contribution in [0.25, 0.3) is 134 Å². The van der Waals surface area contributed by atoms with Crippen molar-refractivity contribution in [1.29, 1.82) is 5.26 Å². The molecule has 10 aromatic carbocycles. The number of para-hydroxylation sites is 3. The average Bonchev–Trinajstić information content (AvgIpc) is 4.11. The summed E-state index contributed by atoms with van der Waals surface area (Å²) in [5, 5.41) is 14.9. The predicted molar refractivity (Wildman–Crippen MR) is 307 cm³/mol. The molecular weight excluding hydrogens is 929 g/mol. The Morgan fingerprint density at radius 3 is 1.24 bits per heavy atom. The first kappa shape index (κ1) is 44.1. The van der Waals surface area contributed by atoms with Gasteiger partial charge in [-0.05, 0) is 77.9 Å². The van der Waals surface area contributed by atoms with Crippen LogP contribution < -0.4 is 0 Å². The maximum Gasteiger partial charge on any atom is 0.166 e. The van der Waals surface area contributed by atoms with Crippen molar-refractivity contribution in [3.63, 3.8) is 0 Å². The summed E-state index contributed by atoms with van der Waals surface area (Å²) < 4.78 is 4.65. The molecule has 0 saturated carbocycles. The van der Waals surface area contributed by atoms with Gasteiger partial charge in [-0.3, -0.25) is 0 Å². The lowest BCUT2D eigenvalue weighted by atomic mass is 9.97. The first-order valence-corrected chi connectivity index (χ1v) is 25.2. The number of benzene rings is 10. The van der Waals surface area contributed by atoms with Gasteiger partial charge in [-0.15, -0.1) is 0 Å². The van der Waals surface area contributed by atoms with Gasteiger partial charge in [-0.1, -0.05) is 188 Å². The van der Waals surface area contributed by atoms with Crippen LogP contribution in [0.15, 0.2) is 255 Å². The van der Waals surface area contributed by atoms with Crippen molar-refractivity contribution in [2.24, 2.45) is 0 Å². The molecule has 8 nitrogen and oxygen atoms in total. The van der Waals surface area contributed by atoms with Crippen molar-refractivity contribution in [3.05, 3.63) is 260 Å². The number of hydrogen-bond acceptors (Lipinski definition) is 6. The van der Waals surface area contributed by atoms with Crippen LogP contribution in [0.5, 0.6) is 0 Å². The summed E-state index contributed by atoms with van der Waals surface area (Å²) in [6.45, 7) is 0. The largest absolute Gasteiger partial charge is 0.309 e. The second-order valence-electron chi connectivity index (χ2n) is 18.8. The van der Waals surface area contributed by atoms with Crippen molar-refractivity contribution in [3.8, 4) is 96.6 Å². The fourth-order valence-corrected chi connectivity index (χ4v) is 10.7. The van der Waals surface area contributed by atoms with E-state index < -0.39 is 0 Å². The van der Waals surface area contributed by atoms with Gasteiger partial charge in [0, 0.05) is 54.9 Å². The summed E-state index contributed by atoms with van der Waals surface area (Å²) in [6, 6.07) is 89.9. The van der Waals surface area contributed by atoms with Crippen molar-refractivity contribution in [2.45, 2.75) is 0 Å². The van der Waals surface area contributed by atoms with Crippen LogP contribution in [-0.4, -0.2) is 34.1 Å². The molecule has 14 aromatic rings. The molecule has 0 aliphatic heterocycles. The molecule has 14 rings (SSSR count). The predicted octanol–water partition coefficient (Wildman–Crippen LogP) is 16.4. The quantitative estimate of drug-likeness (QED) is 0.143. The van der Waals surface area contributed by atoms with E-state index in [2.05, 4.69) is 167 Å². The van der Waals surface area contributed by atoms with Crippen LogP contribution in [0.2, 0.25) is 0 Å². The Kier molecular flexibility index (Phi) is 10.7. The number of aromatic nitrogens is 7. The minimum absolute atomic E-state index is 0.466. The molecule has 0 fully saturated rings. The van der Waals surface area contributed by atoms with Gasteiger partial charge in [-0.25, -0.2) is 24.9 Å². The van der Waals surface area contributed by atoms with Crippen molar-refractivity contribution >= 4 is 43.6 Å². The first-order valence-electron chi connectivity index (χ1n) is 25.2. The van der Waals surface area contributed by atoms with Gasteiger partial charge in [0.1, 0.15) is 0 Å². The third-order valence-corrected chi connectivity index (χ3v) is 14.2. The fourth-order valence-electron chi connectivity index (χ4n) is 10.7. The zero-order valence-electron chi connectivity index (χ0n) is 40.8. The number of nitrogens with zero attached hydrogens (tertiary/aromatic N) is 8. The number of hydrogen-bond donors (Lipinski definition) is 0. The molecule has 4 aromatic heterocycles. The van der Waals surface area contributed by atoms with Gasteiger partial charge in [0.2, 0.25) is 0 Å². The summed E-state index contributed by atoms with van der Waals surface area (Å²) in [6.07, 6.45) is 0. The minimum atomic E-state index is 0.466. The lowest BCUT2D eigenvalue weighted by Crippen LogP contribution is -2.04. The minimum Gasteiger partial charge on any atom is -0.309 e. The molecule has 0 amide bonds. The molecule has 354 valence electrons. The fraction of sp³-hybridized carbons (Fsp3) is 0. The molecule has 4 heterocycles. The average molecular weight is 971 g/mol. The monoisotopic (exact) mass is 970 g/mol. The Morgan fingerprint density at radius 2 is 0.684 bits per heavy atom. The van der Waals surface area contributed by atoms with E-state index in [9.17, 15) is 5.26 Å². The summed E-state index contributed by atoms with van der Waals surface area (Å²) in [4.78, 5) is 25.9. The van der Waals surface area contributed by atoms with Gasteiger partial charge < -0.3 is 9.13 Å². The SMILES string of the molecule is N#Cc1ccc(-n2c3ccccc3c3cc(-c4ccc(-n5c6ccccc6c6ccccc65)c(-c5cc(-c6ccccc6)nc(-c6ccccc6)n5)c4)ccc32)c(-c2nc(-c3ccccc3)nc(-c3ccccc3)n2)c1.